The molecule has 4 aromatic carbocycles. The highest BCUT2D eigenvalue weighted by Gasteiger charge is 2.10. The smallest absolute Gasteiger partial charge is 0.262 e. The molecule has 0 aliphatic heterocycles. The molecule has 4 aromatic rings. The summed E-state index contributed by atoms with van der Waals surface area (Å²) in [7, 11) is 0. The van der Waals surface area contributed by atoms with E-state index in [0.29, 0.717) is 40.7 Å². The number of benzene rings is 4. The van der Waals surface area contributed by atoms with Crippen LogP contribution in [0, 0.1) is 0 Å². The van der Waals surface area contributed by atoms with Gasteiger partial charge >= 0.3 is 0 Å². The maximum atomic E-state index is 12.4. The fraction of sp³-hybridized carbons (Fsp3) is 0.152. The molecule has 0 atom stereocenters. The van der Waals surface area contributed by atoms with Crippen molar-refractivity contribution in [2.24, 2.45) is 0 Å². The Morgan fingerprint density at radius 1 is 0.442 bits per heavy atom. The highest BCUT2D eigenvalue weighted by molar-refractivity contribution is 5.96. The summed E-state index contributed by atoms with van der Waals surface area (Å²) in [6, 6.07) is 31.6. The van der Waals surface area contributed by atoms with E-state index in [1.807, 2.05) is 36.4 Å². The van der Waals surface area contributed by atoms with Crippen molar-refractivity contribution >= 4 is 46.4 Å². The van der Waals surface area contributed by atoms with E-state index in [4.69, 9.17) is 9.47 Å². The van der Waals surface area contributed by atoms with Crippen LogP contribution in [0.5, 0.6) is 11.5 Å². The largest absolute Gasteiger partial charge is 0.484 e. The van der Waals surface area contributed by atoms with Crippen LogP contribution in [0.4, 0.5) is 22.7 Å². The third kappa shape index (κ3) is 11.0. The van der Waals surface area contributed by atoms with E-state index in [1.54, 1.807) is 72.8 Å². The predicted molar refractivity (Wildman–Crippen MR) is 165 cm³/mol. The Kier molecular flexibility index (Phi) is 11.3. The number of rotatable bonds is 14. The number of nitrogens with one attached hydrogen (secondary N) is 4. The molecule has 0 heterocycles. The normalized spacial score (nSPS) is 10.2. The van der Waals surface area contributed by atoms with Crippen LogP contribution in [0.25, 0.3) is 0 Å². The minimum Gasteiger partial charge on any atom is -0.484 e. The van der Waals surface area contributed by atoms with Crippen LogP contribution in [-0.2, 0) is 19.2 Å². The van der Waals surface area contributed by atoms with Crippen molar-refractivity contribution < 1.29 is 28.7 Å². The maximum absolute atomic E-state index is 12.4. The average molecular weight is 581 g/mol. The van der Waals surface area contributed by atoms with Gasteiger partial charge in [-0.3, -0.25) is 19.2 Å². The van der Waals surface area contributed by atoms with Crippen LogP contribution in [-0.4, -0.2) is 36.8 Å². The quantitative estimate of drug-likeness (QED) is 0.156. The van der Waals surface area contributed by atoms with Gasteiger partial charge in [-0.2, -0.15) is 0 Å². The van der Waals surface area contributed by atoms with Gasteiger partial charge in [0.25, 0.3) is 11.8 Å². The Labute approximate surface area is 249 Å². The second-order valence-corrected chi connectivity index (χ2v) is 9.41. The Morgan fingerprint density at radius 3 is 1.16 bits per heavy atom. The van der Waals surface area contributed by atoms with Crippen LogP contribution >= 0.6 is 0 Å². The molecule has 220 valence electrons. The first kappa shape index (κ1) is 30.3. The first-order chi connectivity index (χ1) is 20.9. The van der Waals surface area contributed by atoms with Crippen molar-refractivity contribution in [2.75, 3.05) is 34.5 Å². The Bertz CT molecular complexity index is 1410. The Hall–Kier alpha value is -5.64. The van der Waals surface area contributed by atoms with Gasteiger partial charge < -0.3 is 30.7 Å². The van der Waals surface area contributed by atoms with E-state index in [1.165, 1.54) is 0 Å². The van der Waals surface area contributed by atoms with Gasteiger partial charge in [0.15, 0.2) is 13.2 Å². The van der Waals surface area contributed by atoms with E-state index in [-0.39, 0.29) is 49.7 Å². The summed E-state index contributed by atoms with van der Waals surface area (Å²) in [5, 5.41) is 11.0. The number of hydrogen-bond acceptors (Lipinski definition) is 6. The number of hydrogen-bond donors (Lipinski definition) is 4. The van der Waals surface area contributed by atoms with E-state index in [0.717, 1.165) is 0 Å². The van der Waals surface area contributed by atoms with Gasteiger partial charge in [0, 0.05) is 35.6 Å². The molecule has 0 aromatic heterocycles. The lowest BCUT2D eigenvalue weighted by atomic mass is 10.2. The van der Waals surface area contributed by atoms with Gasteiger partial charge in [-0.1, -0.05) is 48.5 Å². The van der Waals surface area contributed by atoms with Crippen LogP contribution in [0.15, 0.2) is 109 Å². The van der Waals surface area contributed by atoms with Crippen molar-refractivity contribution in [1.82, 2.24) is 0 Å². The number of carbonyl (C=O) groups is 4. The second kappa shape index (κ2) is 16.0. The first-order valence-corrected chi connectivity index (χ1v) is 13.7. The monoisotopic (exact) mass is 580 g/mol. The summed E-state index contributed by atoms with van der Waals surface area (Å²) < 4.78 is 10.9. The zero-order valence-electron chi connectivity index (χ0n) is 23.4. The molecule has 0 aliphatic carbocycles. The van der Waals surface area contributed by atoms with Crippen molar-refractivity contribution in [3.8, 4) is 11.5 Å². The number of amides is 4. The fourth-order valence-electron chi connectivity index (χ4n) is 3.93. The third-order valence-corrected chi connectivity index (χ3v) is 5.89. The standard InChI is InChI=1S/C33H32N4O6/c38-30(34-24-10-7-12-26(20-24)36-32(40)22-42-28-14-3-1-4-15-28)18-9-19-31(39)35-25-11-8-13-27(21-25)37-33(41)23-43-29-16-5-2-6-17-29/h1-8,10-17,20-21H,9,18-19,22-23H2,(H,34,38)(H,35,39)(H,36,40)(H,37,41). The summed E-state index contributed by atoms with van der Waals surface area (Å²) in [5.74, 6) is 0.00835. The molecule has 10 nitrogen and oxygen atoms in total. The number of ether oxygens (including phenoxy) is 2. The summed E-state index contributed by atoms with van der Waals surface area (Å²) in [4.78, 5) is 49.3. The highest BCUT2D eigenvalue weighted by Crippen LogP contribution is 2.18. The zero-order valence-corrected chi connectivity index (χ0v) is 23.4. The lowest BCUT2D eigenvalue weighted by Crippen LogP contribution is -2.20. The minimum atomic E-state index is -0.330. The molecular weight excluding hydrogens is 548 g/mol. The van der Waals surface area contributed by atoms with E-state index in [9.17, 15) is 19.2 Å². The van der Waals surface area contributed by atoms with Gasteiger partial charge in [0.2, 0.25) is 11.8 Å². The number of carbonyl (C=O) groups excluding carboxylic acids is 4. The van der Waals surface area contributed by atoms with Crippen molar-refractivity contribution in [3.05, 3.63) is 109 Å². The Balaban J connectivity index is 1.15. The minimum absolute atomic E-state index is 0.131. The van der Waals surface area contributed by atoms with E-state index < -0.39 is 0 Å². The van der Waals surface area contributed by atoms with Gasteiger partial charge in [0.1, 0.15) is 11.5 Å². The highest BCUT2D eigenvalue weighted by atomic mass is 16.5. The van der Waals surface area contributed by atoms with Gasteiger partial charge in [0.05, 0.1) is 0 Å². The molecular formula is C33H32N4O6. The van der Waals surface area contributed by atoms with E-state index >= 15 is 0 Å². The summed E-state index contributed by atoms with van der Waals surface area (Å²) in [6.45, 7) is -0.295. The summed E-state index contributed by atoms with van der Waals surface area (Å²) >= 11 is 0. The fourth-order valence-corrected chi connectivity index (χ4v) is 3.93. The molecule has 4 amide bonds. The van der Waals surface area contributed by atoms with Gasteiger partial charge in [-0.05, 0) is 67.1 Å². The van der Waals surface area contributed by atoms with Gasteiger partial charge in [-0.15, -0.1) is 0 Å². The number of para-hydroxylation sites is 2. The molecule has 0 radical (unpaired) electrons. The van der Waals surface area contributed by atoms with Crippen LogP contribution in [0.3, 0.4) is 0 Å². The van der Waals surface area contributed by atoms with Crippen molar-refractivity contribution in [3.63, 3.8) is 0 Å². The third-order valence-electron chi connectivity index (χ3n) is 5.89. The molecule has 0 spiro atoms. The molecule has 0 bridgehead atoms. The second-order valence-electron chi connectivity index (χ2n) is 9.41. The summed E-state index contributed by atoms with van der Waals surface area (Å²) in [5.41, 5.74) is 2.07. The topological polar surface area (TPSA) is 135 Å². The van der Waals surface area contributed by atoms with Gasteiger partial charge in [-0.25, -0.2) is 0 Å². The van der Waals surface area contributed by atoms with Crippen LogP contribution in [0.1, 0.15) is 19.3 Å². The lowest BCUT2D eigenvalue weighted by molar-refractivity contribution is -0.118. The molecule has 10 heteroatoms. The molecule has 0 aliphatic rings. The molecule has 4 N–H and O–H groups in total. The molecule has 0 unspecified atom stereocenters. The van der Waals surface area contributed by atoms with E-state index in [2.05, 4.69) is 21.3 Å². The average Bonchev–Trinajstić information content (AvgIpc) is 3.00. The first-order valence-electron chi connectivity index (χ1n) is 13.7. The number of anilines is 4. The maximum Gasteiger partial charge on any atom is 0.262 e. The van der Waals surface area contributed by atoms with Crippen molar-refractivity contribution in [2.45, 2.75) is 19.3 Å². The van der Waals surface area contributed by atoms with Crippen LogP contribution in [0.2, 0.25) is 0 Å². The van der Waals surface area contributed by atoms with Crippen LogP contribution < -0.4 is 30.7 Å². The molecule has 4 rings (SSSR count). The van der Waals surface area contributed by atoms with Crippen molar-refractivity contribution in [1.29, 1.82) is 0 Å². The zero-order chi connectivity index (χ0) is 30.3. The molecule has 0 saturated carbocycles. The Morgan fingerprint density at radius 2 is 0.791 bits per heavy atom. The lowest BCUT2D eigenvalue weighted by Gasteiger charge is -2.10. The summed E-state index contributed by atoms with van der Waals surface area (Å²) in [6.07, 6.45) is 0.594. The molecule has 0 saturated heterocycles. The predicted octanol–water partition coefficient (Wildman–Crippen LogP) is 5.47. The SMILES string of the molecule is O=C(CCCC(=O)Nc1cccc(NC(=O)COc2ccccc2)c1)Nc1cccc(NC(=O)COc2ccccc2)c1. The molecule has 43 heavy (non-hydrogen) atoms. The molecule has 0 fully saturated rings.